The van der Waals surface area contributed by atoms with E-state index < -0.39 is 6.10 Å². The Balaban J connectivity index is 1.88. The van der Waals surface area contributed by atoms with Crippen molar-refractivity contribution < 1.29 is 23.7 Å². The lowest BCUT2D eigenvalue weighted by Crippen LogP contribution is -2.01. The maximum absolute atomic E-state index is 10.2. The van der Waals surface area contributed by atoms with Gasteiger partial charge in [-0.25, -0.2) is 0 Å². The number of aliphatic hydroxyl groups is 1. The molecule has 2 heterocycles. The van der Waals surface area contributed by atoms with Crippen LogP contribution < -0.4 is 14.2 Å². The maximum Gasteiger partial charge on any atom is 0.231 e. The van der Waals surface area contributed by atoms with E-state index in [0.717, 1.165) is 5.76 Å². The van der Waals surface area contributed by atoms with Gasteiger partial charge >= 0.3 is 0 Å². The van der Waals surface area contributed by atoms with Crippen molar-refractivity contribution in [3.8, 4) is 17.2 Å². The lowest BCUT2D eigenvalue weighted by atomic mass is 10.0. The predicted octanol–water partition coefficient (Wildman–Crippen LogP) is 2.29. The molecular formula is C14H14O5. The molecule has 3 rings (SSSR count). The zero-order chi connectivity index (χ0) is 13.2. The number of ether oxygens (including phenoxy) is 3. The SMILES string of the molecule is COc1cc(C(O)Cc2ccco2)cc2c1OCO2. The Morgan fingerprint density at radius 1 is 1.37 bits per heavy atom. The first-order valence-electron chi connectivity index (χ1n) is 5.96. The van der Waals surface area contributed by atoms with Crippen molar-refractivity contribution in [2.75, 3.05) is 13.9 Å². The zero-order valence-corrected chi connectivity index (χ0v) is 10.5. The Hall–Kier alpha value is -2.14. The fourth-order valence-electron chi connectivity index (χ4n) is 2.08. The molecule has 0 aliphatic carbocycles. The number of hydrogen-bond donors (Lipinski definition) is 1. The molecule has 1 aliphatic heterocycles. The molecule has 1 aliphatic rings. The maximum atomic E-state index is 10.2. The Morgan fingerprint density at radius 3 is 3.00 bits per heavy atom. The second-order valence-corrected chi connectivity index (χ2v) is 4.26. The molecule has 2 aromatic rings. The molecule has 1 N–H and O–H groups in total. The summed E-state index contributed by atoms with van der Waals surface area (Å²) in [6.07, 6.45) is 1.30. The molecule has 0 amide bonds. The summed E-state index contributed by atoms with van der Waals surface area (Å²) in [6, 6.07) is 7.13. The van der Waals surface area contributed by atoms with E-state index in [-0.39, 0.29) is 6.79 Å². The molecule has 1 atom stereocenters. The van der Waals surface area contributed by atoms with E-state index in [1.807, 2.05) is 6.07 Å². The van der Waals surface area contributed by atoms with Crippen LogP contribution >= 0.6 is 0 Å². The highest BCUT2D eigenvalue weighted by atomic mass is 16.7. The zero-order valence-electron chi connectivity index (χ0n) is 10.5. The summed E-state index contributed by atoms with van der Waals surface area (Å²) < 4.78 is 21.1. The van der Waals surface area contributed by atoms with Crippen LogP contribution in [0.4, 0.5) is 0 Å². The standard InChI is InChI=1S/C14H14O5/c1-16-12-5-9(6-13-14(12)19-8-18-13)11(15)7-10-3-2-4-17-10/h2-6,11,15H,7-8H2,1H3. The summed E-state index contributed by atoms with van der Waals surface area (Å²) in [4.78, 5) is 0. The largest absolute Gasteiger partial charge is 0.493 e. The molecule has 5 heteroatoms. The first-order valence-corrected chi connectivity index (χ1v) is 5.96. The van der Waals surface area contributed by atoms with Crippen LogP contribution in [0.3, 0.4) is 0 Å². The number of aliphatic hydroxyl groups excluding tert-OH is 1. The molecule has 0 spiro atoms. The molecule has 0 bridgehead atoms. The van der Waals surface area contributed by atoms with Gasteiger partial charge in [-0.1, -0.05) is 0 Å². The molecule has 0 saturated carbocycles. The molecule has 19 heavy (non-hydrogen) atoms. The van der Waals surface area contributed by atoms with Crippen molar-refractivity contribution in [1.29, 1.82) is 0 Å². The average Bonchev–Trinajstić information content (AvgIpc) is 3.07. The molecule has 1 aromatic heterocycles. The summed E-state index contributed by atoms with van der Waals surface area (Å²) in [5.74, 6) is 2.46. The third kappa shape index (κ3) is 2.24. The van der Waals surface area contributed by atoms with Crippen LogP contribution in [0.2, 0.25) is 0 Å². The molecule has 0 saturated heterocycles. The van der Waals surface area contributed by atoms with Gasteiger partial charge in [-0.3, -0.25) is 0 Å². The number of hydrogen-bond acceptors (Lipinski definition) is 5. The molecule has 5 nitrogen and oxygen atoms in total. The monoisotopic (exact) mass is 262 g/mol. The van der Waals surface area contributed by atoms with Crippen molar-refractivity contribution in [3.63, 3.8) is 0 Å². The van der Waals surface area contributed by atoms with Gasteiger partial charge in [0.05, 0.1) is 19.5 Å². The van der Waals surface area contributed by atoms with Gasteiger partial charge in [-0.15, -0.1) is 0 Å². The fourth-order valence-corrected chi connectivity index (χ4v) is 2.08. The van der Waals surface area contributed by atoms with E-state index in [0.29, 0.717) is 29.2 Å². The summed E-state index contributed by atoms with van der Waals surface area (Å²) in [6.45, 7) is 0.170. The molecule has 100 valence electrons. The van der Waals surface area contributed by atoms with Crippen LogP contribution in [-0.2, 0) is 6.42 Å². The number of methoxy groups -OCH3 is 1. The van der Waals surface area contributed by atoms with Crippen LogP contribution in [0.25, 0.3) is 0 Å². The second kappa shape index (κ2) is 4.85. The molecular weight excluding hydrogens is 248 g/mol. The molecule has 0 fully saturated rings. The van der Waals surface area contributed by atoms with Gasteiger partial charge in [0.1, 0.15) is 5.76 Å². The Morgan fingerprint density at radius 2 is 2.26 bits per heavy atom. The van der Waals surface area contributed by atoms with Crippen molar-refractivity contribution >= 4 is 0 Å². The van der Waals surface area contributed by atoms with Gasteiger partial charge < -0.3 is 23.7 Å². The van der Waals surface area contributed by atoms with E-state index in [1.165, 1.54) is 0 Å². The summed E-state index contributed by atoms with van der Waals surface area (Å²) in [5, 5.41) is 10.2. The predicted molar refractivity (Wildman–Crippen MR) is 66.5 cm³/mol. The molecule has 0 radical (unpaired) electrons. The van der Waals surface area contributed by atoms with E-state index in [2.05, 4.69) is 0 Å². The van der Waals surface area contributed by atoms with Gasteiger partial charge in [0.15, 0.2) is 11.5 Å². The smallest absolute Gasteiger partial charge is 0.231 e. The Kier molecular flexibility index (Phi) is 3.05. The average molecular weight is 262 g/mol. The first kappa shape index (κ1) is 11.9. The van der Waals surface area contributed by atoms with E-state index in [4.69, 9.17) is 18.6 Å². The van der Waals surface area contributed by atoms with Gasteiger partial charge in [-0.05, 0) is 29.8 Å². The third-order valence-electron chi connectivity index (χ3n) is 3.04. The lowest BCUT2D eigenvalue weighted by Gasteiger charge is -2.12. The number of fused-ring (bicyclic) bond motifs is 1. The quantitative estimate of drug-likeness (QED) is 0.916. The highest BCUT2D eigenvalue weighted by Crippen LogP contribution is 2.43. The van der Waals surface area contributed by atoms with E-state index in [1.54, 1.807) is 31.6 Å². The topological polar surface area (TPSA) is 61.1 Å². The van der Waals surface area contributed by atoms with Crippen molar-refractivity contribution in [3.05, 3.63) is 41.9 Å². The fraction of sp³-hybridized carbons (Fsp3) is 0.286. The summed E-state index contributed by atoms with van der Waals surface area (Å²) >= 11 is 0. The summed E-state index contributed by atoms with van der Waals surface area (Å²) in [7, 11) is 1.56. The van der Waals surface area contributed by atoms with Gasteiger partial charge in [-0.2, -0.15) is 0 Å². The van der Waals surface area contributed by atoms with Gasteiger partial charge in [0.2, 0.25) is 12.5 Å². The Labute approximate surface area is 110 Å². The van der Waals surface area contributed by atoms with Crippen LogP contribution in [0.15, 0.2) is 34.9 Å². The first-order chi connectivity index (χ1) is 9.28. The Bertz CT molecular complexity index is 561. The van der Waals surface area contributed by atoms with Crippen molar-refractivity contribution in [2.45, 2.75) is 12.5 Å². The number of furan rings is 1. The van der Waals surface area contributed by atoms with Crippen molar-refractivity contribution in [1.82, 2.24) is 0 Å². The molecule has 1 unspecified atom stereocenters. The van der Waals surface area contributed by atoms with Crippen LogP contribution in [-0.4, -0.2) is 19.0 Å². The number of benzene rings is 1. The minimum absolute atomic E-state index is 0.170. The van der Waals surface area contributed by atoms with Gasteiger partial charge in [0.25, 0.3) is 0 Å². The number of rotatable bonds is 4. The van der Waals surface area contributed by atoms with Crippen LogP contribution in [0, 0.1) is 0 Å². The van der Waals surface area contributed by atoms with Gasteiger partial charge in [0, 0.05) is 6.42 Å². The summed E-state index contributed by atoms with van der Waals surface area (Å²) in [5.41, 5.74) is 0.706. The lowest BCUT2D eigenvalue weighted by molar-refractivity contribution is 0.167. The minimum Gasteiger partial charge on any atom is -0.493 e. The van der Waals surface area contributed by atoms with E-state index >= 15 is 0 Å². The highest BCUT2D eigenvalue weighted by molar-refractivity contribution is 5.55. The minimum atomic E-state index is -0.686. The van der Waals surface area contributed by atoms with E-state index in [9.17, 15) is 5.11 Å². The van der Waals surface area contributed by atoms with Crippen molar-refractivity contribution in [2.24, 2.45) is 0 Å². The second-order valence-electron chi connectivity index (χ2n) is 4.26. The molecule has 1 aromatic carbocycles. The normalized spacial score (nSPS) is 14.4. The highest BCUT2D eigenvalue weighted by Gasteiger charge is 2.22. The third-order valence-corrected chi connectivity index (χ3v) is 3.04. The van der Waals surface area contributed by atoms with Crippen LogP contribution in [0.5, 0.6) is 17.2 Å². The van der Waals surface area contributed by atoms with Crippen LogP contribution in [0.1, 0.15) is 17.4 Å².